The number of amides is 1. The van der Waals surface area contributed by atoms with Gasteiger partial charge in [0.25, 0.3) is 0 Å². The van der Waals surface area contributed by atoms with Crippen molar-refractivity contribution in [2.75, 3.05) is 6.61 Å². The van der Waals surface area contributed by atoms with Gasteiger partial charge >= 0.3 is 11.9 Å². The topological polar surface area (TPSA) is 209 Å². The van der Waals surface area contributed by atoms with Crippen molar-refractivity contribution in [1.82, 2.24) is 5.32 Å². The van der Waals surface area contributed by atoms with Gasteiger partial charge in [-0.2, -0.15) is 0 Å². The van der Waals surface area contributed by atoms with Gasteiger partial charge in [0.15, 0.2) is 11.9 Å². The molecule has 4 fully saturated rings. The summed E-state index contributed by atoms with van der Waals surface area (Å²) in [4.78, 5) is 52.5. The van der Waals surface area contributed by atoms with E-state index in [0.717, 1.165) is 19.8 Å². The summed E-state index contributed by atoms with van der Waals surface area (Å²) in [6.07, 6.45) is -6.27. The van der Waals surface area contributed by atoms with Gasteiger partial charge in [-0.3, -0.25) is 14.4 Å². The smallest absolute Gasteiger partial charge is 0.337 e. The van der Waals surface area contributed by atoms with E-state index in [-0.39, 0.29) is 30.1 Å². The number of carbonyl (C=O) groups is 4. The Balaban J connectivity index is 1.61. The number of esters is 2. The lowest BCUT2D eigenvalue weighted by Gasteiger charge is -2.66. The summed E-state index contributed by atoms with van der Waals surface area (Å²) >= 11 is 0. The molecule has 11 atom stereocenters. The zero-order valence-corrected chi connectivity index (χ0v) is 26.7. The van der Waals surface area contributed by atoms with Crippen molar-refractivity contribution in [3.05, 3.63) is 11.1 Å². The highest BCUT2D eigenvalue weighted by Gasteiger charge is 2.76. The third-order valence-electron chi connectivity index (χ3n) is 11.8. The Labute approximate surface area is 262 Å². The average Bonchev–Trinajstić information content (AvgIpc) is 3.48. The van der Waals surface area contributed by atoms with Gasteiger partial charge in [0.2, 0.25) is 5.91 Å². The van der Waals surface area contributed by atoms with Crippen molar-refractivity contribution in [1.29, 1.82) is 0 Å². The molecule has 45 heavy (non-hydrogen) atoms. The second-order valence-corrected chi connectivity index (χ2v) is 14.6. The number of aliphatic hydroxyl groups is 5. The molecule has 252 valence electrons. The van der Waals surface area contributed by atoms with Crippen LogP contribution >= 0.6 is 0 Å². The van der Waals surface area contributed by atoms with Crippen molar-refractivity contribution in [2.45, 2.75) is 134 Å². The van der Waals surface area contributed by atoms with E-state index >= 15 is 0 Å². The highest BCUT2D eigenvalue weighted by molar-refractivity contribution is 5.93. The van der Waals surface area contributed by atoms with Crippen molar-refractivity contribution in [2.24, 2.45) is 22.7 Å². The molecule has 1 unspecified atom stereocenters. The van der Waals surface area contributed by atoms with Crippen LogP contribution in [0.3, 0.4) is 0 Å². The number of Topliss-reactive ketones (excluding diaryl/α,β-unsaturated/α-hetero) is 1. The van der Waals surface area contributed by atoms with Gasteiger partial charge in [0.1, 0.15) is 29.5 Å². The maximum absolute atomic E-state index is 14.3. The number of nitrogens with one attached hydrogen (secondary N) is 1. The molecule has 0 aromatic rings. The fraction of sp³-hybridized carbons (Fsp3) is 0.812. The minimum absolute atomic E-state index is 0.0192. The van der Waals surface area contributed by atoms with Gasteiger partial charge in [-0.25, -0.2) is 4.79 Å². The Kier molecular flexibility index (Phi) is 8.58. The van der Waals surface area contributed by atoms with Crippen LogP contribution in [0.2, 0.25) is 0 Å². The molecule has 0 aromatic heterocycles. The Morgan fingerprint density at radius 2 is 1.67 bits per heavy atom. The van der Waals surface area contributed by atoms with Crippen LogP contribution in [-0.2, 0) is 33.4 Å². The summed E-state index contributed by atoms with van der Waals surface area (Å²) in [5.41, 5.74) is -7.08. The monoisotopic (exact) mass is 637 g/mol. The number of carbonyl (C=O) groups excluding carboxylic acids is 4. The molecule has 0 radical (unpaired) electrons. The molecule has 0 spiro atoms. The molecule has 5 rings (SSSR count). The largest absolute Gasteiger partial charge is 0.459 e. The van der Waals surface area contributed by atoms with Crippen LogP contribution in [0.4, 0.5) is 0 Å². The Bertz CT molecular complexity index is 1290. The molecule has 2 bridgehead atoms. The van der Waals surface area contributed by atoms with Crippen LogP contribution in [0.1, 0.15) is 80.1 Å². The minimum Gasteiger partial charge on any atom is -0.459 e. The zero-order chi connectivity index (χ0) is 33.4. The second-order valence-electron chi connectivity index (χ2n) is 14.6. The molecular formula is C32H47NO12. The van der Waals surface area contributed by atoms with E-state index in [1.807, 2.05) is 0 Å². The Morgan fingerprint density at radius 3 is 2.20 bits per heavy atom. The molecule has 5 aliphatic rings. The van der Waals surface area contributed by atoms with E-state index in [9.17, 15) is 44.7 Å². The summed E-state index contributed by atoms with van der Waals surface area (Å²) in [6, 6.07) is -0.908. The molecular weight excluding hydrogens is 590 g/mol. The van der Waals surface area contributed by atoms with E-state index < -0.39 is 101 Å². The predicted octanol–water partition coefficient (Wildman–Crippen LogP) is -0.176. The number of hydrogen-bond acceptors (Lipinski definition) is 12. The number of aliphatic hydroxyl groups excluding tert-OH is 3. The SMILES string of the molecule is CC(=O)N[C@@H](C1CCCC1)[C@@H](O)C(=O)OC1C[C@@]2(O)[C@@H](OC(C)=O)[C@@H]3[C@]4(O)CO[C@@H]4C[C@H](O)[C@@]3(C)C(=O)[C@H](O)C(=C1C)C2(C)C. The molecule has 0 aromatic carbocycles. The van der Waals surface area contributed by atoms with Crippen molar-refractivity contribution >= 4 is 23.6 Å². The van der Waals surface area contributed by atoms with E-state index in [1.165, 1.54) is 13.8 Å². The van der Waals surface area contributed by atoms with Crippen LogP contribution in [-0.4, -0.2) is 110 Å². The summed E-state index contributed by atoms with van der Waals surface area (Å²) in [7, 11) is 0. The van der Waals surface area contributed by atoms with Gasteiger partial charge in [-0.05, 0) is 43.8 Å². The highest BCUT2D eigenvalue weighted by Crippen LogP contribution is 2.63. The average molecular weight is 638 g/mol. The second kappa shape index (κ2) is 11.4. The summed E-state index contributed by atoms with van der Waals surface area (Å²) in [5, 5.41) is 61.7. The van der Waals surface area contributed by atoms with Crippen LogP contribution in [0, 0.1) is 22.7 Å². The van der Waals surface area contributed by atoms with Gasteiger partial charge < -0.3 is 45.1 Å². The number of ether oxygens (including phenoxy) is 3. The third kappa shape index (κ3) is 4.96. The molecule has 6 N–H and O–H groups in total. The highest BCUT2D eigenvalue weighted by atomic mass is 16.6. The Hall–Kier alpha value is -2.42. The summed E-state index contributed by atoms with van der Waals surface area (Å²) < 4.78 is 17.2. The van der Waals surface area contributed by atoms with E-state index in [1.54, 1.807) is 20.8 Å². The minimum atomic E-state index is -2.17. The molecule has 1 saturated heterocycles. The number of ketones is 1. The molecule has 3 saturated carbocycles. The lowest BCUT2D eigenvalue weighted by molar-refractivity contribution is -0.345. The first-order valence-electron chi connectivity index (χ1n) is 15.8. The third-order valence-corrected chi connectivity index (χ3v) is 11.8. The maximum Gasteiger partial charge on any atom is 0.337 e. The molecule has 1 aliphatic heterocycles. The molecule has 13 nitrogen and oxygen atoms in total. The van der Waals surface area contributed by atoms with E-state index in [4.69, 9.17) is 14.2 Å². The fourth-order valence-corrected chi connectivity index (χ4v) is 9.16. The quantitative estimate of drug-likeness (QED) is 0.166. The van der Waals surface area contributed by atoms with Crippen molar-refractivity contribution in [3.8, 4) is 0 Å². The zero-order valence-electron chi connectivity index (χ0n) is 26.7. The van der Waals surface area contributed by atoms with E-state index in [0.29, 0.717) is 12.8 Å². The van der Waals surface area contributed by atoms with Crippen LogP contribution < -0.4 is 5.32 Å². The first kappa shape index (κ1) is 33.9. The maximum atomic E-state index is 14.3. The fourth-order valence-electron chi connectivity index (χ4n) is 9.16. The van der Waals surface area contributed by atoms with Gasteiger partial charge in [-0.1, -0.05) is 26.7 Å². The van der Waals surface area contributed by atoms with Gasteiger partial charge in [0.05, 0.1) is 30.3 Å². The van der Waals surface area contributed by atoms with Crippen molar-refractivity contribution < 1.29 is 58.9 Å². The summed E-state index contributed by atoms with van der Waals surface area (Å²) in [5.74, 6) is -4.74. The first-order valence-corrected chi connectivity index (χ1v) is 15.8. The summed E-state index contributed by atoms with van der Waals surface area (Å²) in [6.45, 7) is 8.21. The number of fused-ring (bicyclic) bond motifs is 5. The standard InChI is InChI=1S/C32H47NO12/c1-14-18(45-28(40)24(38)22(33-15(2)34)17-9-7-8-10-17)12-32(42)27(44-16(3)35)25-30(6,19(36)11-20-31(25,41)13-43-20)26(39)23(37)21(14)29(32,4)5/h17-20,22-25,27,36-38,41-42H,7-13H2,1-6H3,(H,33,34)/t18?,19-,20+,22-,23+,24+,25-,27-,30+,31-,32+/m0/s1. The molecule has 1 amide bonds. The van der Waals surface area contributed by atoms with Gasteiger partial charge in [0, 0.05) is 38.0 Å². The molecule has 13 heteroatoms. The lowest BCUT2D eigenvalue weighted by atomic mass is 9.45. The first-order chi connectivity index (χ1) is 20.8. The lowest BCUT2D eigenvalue weighted by Crippen LogP contribution is -2.81. The van der Waals surface area contributed by atoms with Gasteiger partial charge in [-0.15, -0.1) is 0 Å². The number of hydrogen-bond donors (Lipinski definition) is 6. The van der Waals surface area contributed by atoms with Crippen LogP contribution in [0.15, 0.2) is 11.1 Å². The van der Waals surface area contributed by atoms with Crippen LogP contribution in [0.25, 0.3) is 0 Å². The van der Waals surface area contributed by atoms with Crippen LogP contribution in [0.5, 0.6) is 0 Å². The normalized spacial score (nSPS) is 42.2. The van der Waals surface area contributed by atoms with E-state index in [2.05, 4.69) is 5.32 Å². The molecule has 1 heterocycles. The Morgan fingerprint density at radius 1 is 1.04 bits per heavy atom. The number of rotatable bonds is 6. The molecule has 4 aliphatic carbocycles. The predicted molar refractivity (Wildman–Crippen MR) is 155 cm³/mol. The van der Waals surface area contributed by atoms with Crippen molar-refractivity contribution in [3.63, 3.8) is 0 Å².